The van der Waals surface area contributed by atoms with Crippen molar-refractivity contribution in [3.63, 3.8) is 0 Å². The average Bonchev–Trinajstić information content (AvgIpc) is 2.39. The molecule has 0 aliphatic carbocycles. The summed E-state index contributed by atoms with van der Waals surface area (Å²) in [5, 5.41) is 0. The van der Waals surface area contributed by atoms with E-state index in [2.05, 4.69) is 0 Å². The van der Waals surface area contributed by atoms with Gasteiger partial charge in [0.05, 0.1) is 0 Å². The molecule has 0 radical (unpaired) electrons. The molecule has 0 spiro atoms. The zero-order valence-electron chi connectivity index (χ0n) is 9.51. The monoisotopic (exact) mass is 224 g/mol. The van der Waals surface area contributed by atoms with Gasteiger partial charge in [-0.15, -0.1) is 0 Å². The Morgan fingerprint density at radius 2 is 1.41 bits per heavy atom. The van der Waals surface area contributed by atoms with Crippen LogP contribution in [-0.2, 0) is 4.79 Å². The van der Waals surface area contributed by atoms with E-state index < -0.39 is 11.6 Å². The minimum Gasteiger partial charge on any atom is -0.291 e. The van der Waals surface area contributed by atoms with Gasteiger partial charge in [0, 0.05) is 12.5 Å². The minimum atomic E-state index is -0.440. The van der Waals surface area contributed by atoms with E-state index in [4.69, 9.17) is 0 Å². The second-order valence-electron chi connectivity index (χ2n) is 3.80. The van der Waals surface area contributed by atoms with Gasteiger partial charge in [0.2, 0.25) is 5.78 Å². The molecule has 0 N–H and O–H groups in total. The lowest BCUT2D eigenvalue weighted by Crippen LogP contribution is -2.10. The van der Waals surface area contributed by atoms with E-state index in [1.165, 1.54) is 6.92 Å². The first-order valence-electron chi connectivity index (χ1n) is 5.40. The van der Waals surface area contributed by atoms with E-state index in [1.54, 1.807) is 12.1 Å². The van der Waals surface area contributed by atoms with Crippen molar-refractivity contribution >= 4 is 11.6 Å². The first kappa shape index (κ1) is 11.3. The van der Waals surface area contributed by atoms with Gasteiger partial charge in [-0.3, -0.25) is 9.59 Å². The Hall–Kier alpha value is -2.22. The number of carbonyl (C=O) groups is 2. The van der Waals surface area contributed by atoms with E-state index >= 15 is 0 Å². The van der Waals surface area contributed by atoms with Crippen LogP contribution in [0, 0.1) is 0 Å². The zero-order valence-corrected chi connectivity index (χ0v) is 9.51. The van der Waals surface area contributed by atoms with Crippen LogP contribution in [0.25, 0.3) is 11.1 Å². The van der Waals surface area contributed by atoms with Gasteiger partial charge >= 0.3 is 0 Å². The number of rotatable bonds is 3. The molecule has 0 unspecified atom stereocenters. The molecule has 2 rings (SSSR count). The van der Waals surface area contributed by atoms with Gasteiger partial charge in [-0.2, -0.15) is 0 Å². The predicted molar refractivity (Wildman–Crippen MR) is 66.9 cm³/mol. The summed E-state index contributed by atoms with van der Waals surface area (Å²) in [5.41, 5.74) is 2.21. The smallest absolute Gasteiger partial charge is 0.228 e. The Balaban J connectivity index is 2.56. The topological polar surface area (TPSA) is 34.1 Å². The maximum absolute atomic E-state index is 11.8. The van der Waals surface area contributed by atoms with Crippen molar-refractivity contribution in [3.05, 3.63) is 60.2 Å². The number of ketones is 2. The molecule has 0 heterocycles. The normalized spacial score (nSPS) is 9.94. The lowest BCUT2D eigenvalue weighted by molar-refractivity contribution is -0.113. The van der Waals surface area contributed by atoms with Gasteiger partial charge in [-0.05, 0) is 11.1 Å². The number of benzene rings is 2. The van der Waals surface area contributed by atoms with Gasteiger partial charge in [0.1, 0.15) is 0 Å². The first-order valence-corrected chi connectivity index (χ1v) is 5.40. The van der Waals surface area contributed by atoms with Crippen molar-refractivity contribution in [1.82, 2.24) is 0 Å². The molecule has 0 fully saturated rings. The predicted octanol–water partition coefficient (Wildman–Crippen LogP) is 3.13. The van der Waals surface area contributed by atoms with Gasteiger partial charge in [-0.25, -0.2) is 0 Å². The molecule has 2 heteroatoms. The van der Waals surface area contributed by atoms with Crippen LogP contribution in [0.15, 0.2) is 54.6 Å². The fraction of sp³-hybridized carbons (Fsp3) is 0.0667. The Bertz CT molecular complexity index is 556. The van der Waals surface area contributed by atoms with Gasteiger partial charge in [0.15, 0.2) is 5.78 Å². The third-order valence-electron chi connectivity index (χ3n) is 2.58. The molecule has 2 aromatic rings. The number of hydrogen-bond acceptors (Lipinski definition) is 2. The summed E-state index contributed by atoms with van der Waals surface area (Å²) in [7, 11) is 0. The van der Waals surface area contributed by atoms with E-state index in [1.807, 2.05) is 42.5 Å². The molecule has 0 atom stereocenters. The highest BCUT2D eigenvalue weighted by Crippen LogP contribution is 2.23. The summed E-state index contributed by atoms with van der Waals surface area (Å²) < 4.78 is 0. The molecular formula is C15H12O2. The first-order chi connectivity index (χ1) is 8.20. The molecule has 0 aliphatic heterocycles. The summed E-state index contributed by atoms with van der Waals surface area (Å²) in [6.45, 7) is 1.30. The number of hydrogen-bond donors (Lipinski definition) is 0. The highest BCUT2D eigenvalue weighted by molar-refractivity contribution is 6.44. The van der Waals surface area contributed by atoms with Crippen LogP contribution in [0.3, 0.4) is 0 Å². The number of Topliss-reactive ketones (excluding diaryl/α,β-unsaturated/α-hetero) is 2. The Morgan fingerprint density at radius 3 is 2.06 bits per heavy atom. The van der Waals surface area contributed by atoms with Crippen LogP contribution in [0.4, 0.5) is 0 Å². The lowest BCUT2D eigenvalue weighted by atomic mass is 9.96. The molecular weight excluding hydrogens is 212 g/mol. The third-order valence-corrected chi connectivity index (χ3v) is 2.58. The molecule has 0 bridgehead atoms. The fourth-order valence-electron chi connectivity index (χ4n) is 1.74. The molecule has 84 valence electrons. The molecule has 17 heavy (non-hydrogen) atoms. The Labute approximate surface area is 99.9 Å². The highest BCUT2D eigenvalue weighted by atomic mass is 16.2. The second kappa shape index (κ2) is 4.74. The molecule has 0 aromatic heterocycles. The van der Waals surface area contributed by atoms with E-state index in [9.17, 15) is 9.59 Å². The summed E-state index contributed by atoms with van der Waals surface area (Å²) >= 11 is 0. The number of carbonyl (C=O) groups excluding carboxylic acids is 2. The molecule has 0 amide bonds. The van der Waals surface area contributed by atoms with Gasteiger partial charge < -0.3 is 0 Å². The van der Waals surface area contributed by atoms with Crippen molar-refractivity contribution < 1.29 is 9.59 Å². The van der Waals surface area contributed by atoms with Crippen molar-refractivity contribution in [2.75, 3.05) is 0 Å². The Kier molecular flexibility index (Phi) is 3.15. The van der Waals surface area contributed by atoms with Crippen molar-refractivity contribution in [2.45, 2.75) is 6.92 Å². The van der Waals surface area contributed by atoms with E-state index in [0.29, 0.717) is 5.56 Å². The van der Waals surface area contributed by atoms with E-state index in [-0.39, 0.29) is 0 Å². The fourth-order valence-corrected chi connectivity index (χ4v) is 1.74. The standard InChI is InChI=1S/C15H12O2/c1-11(16)15(17)14-10-6-5-9-13(14)12-7-3-2-4-8-12/h2-10H,1H3. The average molecular weight is 224 g/mol. The van der Waals surface area contributed by atoms with Crippen LogP contribution in [0.5, 0.6) is 0 Å². The Morgan fingerprint density at radius 1 is 0.824 bits per heavy atom. The van der Waals surface area contributed by atoms with Crippen LogP contribution in [0.2, 0.25) is 0 Å². The van der Waals surface area contributed by atoms with Gasteiger partial charge in [0.25, 0.3) is 0 Å². The largest absolute Gasteiger partial charge is 0.291 e. The highest BCUT2D eigenvalue weighted by Gasteiger charge is 2.15. The SMILES string of the molecule is CC(=O)C(=O)c1ccccc1-c1ccccc1. The second-order valence-corrected chi connectivity index (χ2v) is 3.80. The molecule has 2 nitrogen and oxygen atoms in total. The van der Waals surface area contributed by atoms with Crippen molar-refractivity contribution in [1.29, 1.82) is 0 Å². The van der Waals surface area contributed by atoms with Crippen molar-refractivity contribution in [2.24, 2.45) is 0 Å². The summed E-state index contributed by atoms with van der Waals surface area (Å²) in [5.74, 6) is -0.877. The maximum Gasteiger partial charge on any atom is 0.228 e. The van der Waals surface area contributed by atoms with Crippen LogP contribution >= 0.6 is 0 Å². The zero-order chi connectivity index (χ0) is 12.3. The summed E-state index contributed by atoms with van der Waals surface area (Å²) in [4.78, 5) is 23.0. The van der Waals surface area contributed by atoms with Crippen LogP contribution in [0.1, 0.15) is 17.3 Å². The minimum absolute atomic E-state index is 0.437. The molecule has 0 aliphatic rings. The van der Waals surface area contributed by atoms with Gasteiger partial charge in [-0.1, -0.05) is 54.6 Å². The molecule has 0 saturated heterocycles. The summed E-state index contributed by atoms with van der Waals surface area (Å²) in [6.07, 6.45) is 0. The van der Waals surface area contributed by atoms with Crippen molar-refractivity contribution in [3.8, 4) is 11.1 Å². The third kappa shape index (κ3) is 2.31. The van der Waals surface area contributed by atoms with Crippen LogP contribution in [-0.4, -0.2) is 11.6 Å². The molecule has 0 saturated carbocycles. The lowest BCUT2D eigenvalue weighted by Gasteiger charge is -2.06. The van der Waals surface area contributed by atoms with Crippen LogP contribution < -0.4 is 0 Å². The summed E-state index contributed by atoms with van der Waals surface area (Å²) in [6, 6.07) is 16.7. The maximum atomic E-state index is 11.8. The van der Waals surface area contributed by atoms with E-state index in [0.717, 1.165) is 11.1 Å². The molecule has 2 aromatic carbocycles. The quantitative estimate of drug-likeness (QED) is 0.593.